The van der Waals surface area contributed by atoms with Gasteiger partial charge in [-0.25, -0.2) is 4.79 Å². The molecule has 0 aromatic carbocycles. The van der Waals surface area contributed by atoms with Gasteiger partial charge in [0.05, 0.1) is 44.9 Å². The molecule has 0 saturated heterocycles. The van der Waals surface area contributed by atoms with E-state index in [1.165, 1.54) is 0 Å². The molecule has 109 heavy (non-hydrogen) atoms. The number of carboxylic acids is 2. The van der Waals surface area contributed by atoms with Crippen molar-refractivity contribution in [3.05, 3.63) is 0 Å². The van der Waals surface area contributed by atoms with E-state index in [4.69, 9.17) is 45.9 Å². The average molecular weight is 1590 g/mol. The predicted molar refractivity (Wildman–Crippen MR) is 392 cm³/mol. The largest absolute Gasteiger partial charge is 0.481 e. The van der Waals surface area contributed by atoms with Gasteiger partial charge in [0, 0.05) is 17.9 Å². The van der Waals surface area contributed by atoms with Crippen LogP contribution in [0.25, 0.3) is 0 Å². The van der Waals surface area contributed by atoms with Crippen LogP contribution >= 0.6 is 25.3 Å². The highest BCUT2D eigenvalue weighted by atomic mass is 32.1. The number of aliphatic carboxylic acids is 2. The van der Waals surface area contributed by atoms with Gasteiger partial charge in [-0.05, 0) is 109 Å². The maximum Gasteiger partial charge on any atom is 0.328 e. The zero-order valence-electron chi connectivity index (χ0n) is 61.3. The normalized spacial score (nSPS) is 15.0. The summed E-state index contributed by atoms with van der Waals surface area (Å²) in [5.41, 5.74) is 44.0. The van der Waals surface area contributed by atoms with E-state index in [0.29, 0.717) is 19.3 Å². The summed E-state index contributed by atoms with van der Waals surface area (Å²) < 4.78 is 0. The van der Waals surface area contributed by atoms with Crippen molar-refractivity contribution in [3.8, 4) is 0 Å². The quantitative estimate of drug-likeness (QED) is 0.0199. The van der Waals surface area contributed by atoms with Gasteiger partial charge in [-0.3, -0.25) is 86.3 Å². The number of rotatable bonds is 58. The van der Waals surface area contributed by atoms with E-state index in [1.807, 2.05) is 0 Å². The van der Waals surface area contributed by atoms with Crippen molar-refractivity contribution in [2.75, 3.05) is 44.4 Å². The van der Waals surface area contributed by atoms with Gasteiger partial charge in [-0.15, -0.1) is 0 Å². The predicted octanol–water partition coefficient (Wildman–Crippen LogP) is -11.6. The molecule has 46 heteroatoms. The number of carbonyl (C=O) groups is 19. The molecule has 0 bridgehead atoms. The summed E-state index contributed by atoms with van der Waals surface area (Å²) in [6.07, 6.45) is -3.83. The van der Waals surface area contributed by atoms with E-state index in [-0.39, 0.29) is 82.8 Å². The highest BCUT2D eigenvalue weighted by molar-refractivity contribution is 7.80. The van der Waals surface area contributed by atoms with Gasteiger partial charge in [0.1, 0.15) is 78.5 Å². The van der Waals surface area contributed by atoms with Gasteiger partial charge < -0.3 is 135 Å². The Bertz CT molecular complexity index is 3120. The molecule has 618 valence electrons. The first kappa shape index (κ1) is 99.4. The number of unbranched alkanes of at least 4 members (excludes halogenated alkanes) is 3. The average Bonchev–Trinajstić information content (AvgIpc) is 0.861. The zero-order chi connectivity index (χ0) is 83.4. The van der Waals surface area contributed by atoms with E-state index < -0.39 is 260 Å². The molecule has 0 aromatic rings. The molecule has 44 nitrogen and oxygen atoms in total. The molecule has 17 amide bonds. The number of amides is 17. The number of nitrogens with one attached hydrogen (secondary N) is 13. The van der Waals surface area contributed by atoms with Crippen molar-refractivity contribution in [1.82, 2.24) is 69.1 Å². The molecule has 33 N–H and O–H groups in total. The van der Waals surface area contributed by atoms with Crippen LogP contribution in [0.5, 0.6) is 0 Å². The maximum atomic E-state index is 14.4. The fraction of sp³-hybridized carbons (Fsp3) is 0.698. The standard InChI is InChI=1S/C63H111N21O23S2/c1-29(2)19-36(55(98)74-34(13-7-10-18-66)53(96)82-42(26-86)63(106)107)78-61(104)43(27-108)84-58(101)39(23-48(71)90)79-57(100)38(22-47(70)89)80-60(103)41(25-85)81-62(105)44(28-109)83-56(99)37(20-30(3)4)77-52(95)33(12-6-9-17-65)72-51(94)32(11-5-8-16-64)73-54(97)35(14-15-45(68)87)75-59(102)40(24-49(91)92)76-50(93)31(67)21-46(69)88/h29-44,85-86,108-109H,5-28,64-67H2,1-4H3,(H2,68,87)(H2,69,88)(H2,70,89)(H2,71,90)(H,72,94)(H,73,97)(H,74,98)(H,75,102)(H,76,93)(H,77,95)(H,78,104)(H,79,100)(H,80,103)(H,81,105)(H,82,96)(H,83,99)(H,84,101)(H,91,92)(H,106,107)/t31-,32-,33-,34-,35-,36-,37-,38-,39-,40-,41-,42-,43-,44-/m0/s1. The Kier molecular flexibility index (Phi) is 48.5. The van der Waals surface area contributed by atoms with Gasteiger partial charge in [0.2, 0.25) is 100 Å². The number of hydrogen-bond acceptors (Lipinski definition) is 27. The molecule has 0 saturated carbocycles. The van der Waals surface area contributed by atoms with Crippen LogP contribution in [0, 0.1) is 11.8 Å². The second-order valence-electron chi connectivity index (χ2n) is 26.2. The summed E-state index contributed by atoms with van der Waals surface area (Å²) >= 11 is 8.32. The summed E-state index contributed by atoms with van der Waals surface area (Å²) in [5, 5.41) is 68.8. The maximum absolute atomic E-state index is 14.4. The molecule has 0 aliphatic carbocycles. The fourth-order valence-corrected chi connectivity index (χ4v) is 10.6. The van der Waals surface area contributed by atoms with Crippen molar-refractivity contribution in [2.45, 2.75) is 221 Å². The van der Waals surface area contributed by atoms with E-state index >= 15 is 0 Å². The topological polar surface area (TPSA) is 770 Å². The number of thiol groups is 2. The second-order valence-corrected chi connectivity index (χ2v) is 26.9. The Morgan fingerprint density at radius 2 is 0.550 bits per heavy atom. The molecule has 0 aliphatic heterocycles. The lowest BCUT2D eigenvalue weighted by Crippen LogP contribution is -2.62. The second kappa shape index (κ2) is 53.2. The molecular formula is C63H111N21O23S2. The number of nitrogens with two attached hydrogens (primary N) is 8. The zero-order valence-corrected chi connectivity index (χ0v) is 63.1. The van der Waals surface area contributed by atoms with Crippen LogP contribution in [-0.4, -0.2) is 262 Å². The molecule has 0 rings (SSSR count). The van der Waals surface area contributed by atoms with Crippen molar-refractivity contribution in [2.24, 2.45) is 57.7 Å². The van der Waals surface area contributed by atoms with Gasteiger partial charge in [0.15, 0.2) is 0 Å². The van der Waals surface area contributed by atoms with Crippen LogP contribution in [0.3, 0.4) is 0 Å². The smallest absolute Gasteiger partial charge is 0.328 e. The third-order valence-electron chi connectivity index (χ3n) is 15.8. The number of primary amides is 4. The van der Waals surface area contributed by atoms with Gasteiger partial charge in [0.25, 0.3) is 0 Å². The van der Waals surface area contributed by atoms with Crippen molar-refractivity contribution in [1.29, 1.82) is 0 Å². The summed E-state index contributed by atoms with van der Waals surface area (Å²) in [4.78, 5) is 251. The van der Waals surface area contributed by atoms with Crippen LogP contribution < -0.4 is 115 Å². The van der Waals surface area contributed by atoms with Crippen molar-refractivity contribution in [3.63, 3.8) is 0 Å². The molecule has 0 aliphatic rings. The van der Waals surface area contributed by atoms with Crippen LogP contribution in [0.4, 0.5) is 0 Å². The first-order valence-corrected chi connectivity index (χ1v) is 36.2. The molecule has 0 aromatic heterocycles. The summed E-state index contributed by atoms with van der Waals surface area (Å²) in [7, 11) is 0. The minimum absolute atomic E-state index is 0.0485. The van der Waals surface area contributed by atoms with Crippen molar-refractivity contribution >= 4 is 138 Å². The lowest BCUT2D eigenvalue weighted by Gasteiger charge is -2.28. The third-order valence-corrected chi connectivity index (χ3v) is 16.6. The Hall–Kier alpha value is -9.61. The number of aliphatic hydroxyl groups is 2. The lowest BCUT2D eigenvalue weighted by molar-refractivity contribution is -0.143. The SMILES string of the molecule is CC(C)C[C@H](NC(=O)[C@H](CS)NC(=O)[C@H](CC(N)=O)NC(=O)[C@H](CC(N)=O)NC(=O)[C@H](CO)NC(=O)[C@H](CS)NC(=O)[C@H](CC(C)C)NC(=O)[C@H](CCCCN)NC(=O)[C@H](CCCCN)NC(=O)[C@H](CCC(N)=O)NC(=O)[C@H](CC(=O)O)NC(=O)[C@@H](N)CC(N)=O)C(=O)N[C@@H](CCCCN)C(=O)N[C@@H](CO)C(=O)O. The number of carbonyl (C=O) groups excluding carboxylic acids is 17. The fourth-order valence-electron chi connectivity index (χ4n) is 10.1. The van der Waals surface area contributed by atoms with Crippen molar-refractivity contribution < 1.29 is 112 Å². The van der Waals surface area contributed by atoms with Crippen LogP contribution in [-0.2, 0) is 91.1 Å². The summed E-state index contributed by atoms with van der Waals surface area (Å²) in [6, 6.07) is -23.8. The van der Waals surface area contributed by atoms with E-state index in [0.717, 1.165) is 0 Å². The number of carboxylic acid groups (broad SMARTS) is 2. The Balaban J connectivity index is 6.86. The minimum Gasteiger partial charge on any atom is -0.481 e. The van der Waals surface area contributed by atoms with Gasteiger partial charge in [-0.1, -0.05) is 27.7 Å². The van der Waals surface area contributed by atoms with Gasteiger partial charge >= 0.3 is 11.9 Å². The van der Waals surface area contributed by atoms with Crippen LogP contribution in [0.15, 0.2) is 0 Å². The first-order chi connectivity index (χ1) is 51.1. The van der Waals surface area contributed by atoms with Crippen LogP contribution in [0.1, 0.15) is 137 Å². The first-order valence-electron chi connectivity index (χ1n) is 35.0. The lowest BCUT2D eigenvalue weighted by atomic mass is 10.0. The molecule has 0 radical (unpaired) electrons. The van der Waals surface area contributed by atoms with Gasteiger partial charge in [-0.2, -0.15) is 25.3 Å². The van der Waals surface area contributed by atoms with E-state index in [1.54, 1.807) is 27.7 Å². The molecule has 0 spiro atoms. The summed E-state index contributed by atoms with van der Waals surface area (Å²) in [6.45, 7) is 4.90. The highest BCUT2D eigenvalue weighted by Gasteiger charge is 2.39. The van der Waals surface area contributed by atoms with E-state index in [9.17, 15) is 112 Å². The molecular weight excluding hydrogens is 1480 g/mol. The van der Waals surface area contributed by atoms with Crippen LogP contribution in [0.2, 0.25) is 0 Å². The summed E-state index contributed by atoms with van der Waals surface area (Å²) in [5.74, 6) is -24.2. The molecule has 0 heterocycles. The Morgan fingerprint density at radius 1 is 0.303 bits per heavy atom. The van der Waals surface area contributed by atoms with E-state index in [2.05, 4.69) is 94.4 Å². The molecule has 0 fully saturated rings. The monoisotopic (exact) mass is 1590 g/mol. The minimum atomic E-state index is -2.06. The Labute approximate surface area is 639 Å². The highest BCUT2D eigenvalue weighted by Crippen LogP contribution is 2.14. The molecule has 0 unspecified atom stereocenters. The molecule has 14 atom stereocenters. The Morgan fingerprint density at radius 3 is 0.835 bits per heavy atom. The number of hydrogen-bond donors (Lipinski definition) is 27. The third kappa shape index (κ3) is 40.4. The number of aliphatic hydroxyl groups excluding tert-OH is 2.